The summed E-state index contributed by atoms with van der Waals surface area (Å²) in [6.45, 7) is 4.28. The fraction of sp³-hybridized carbons (Fsp3) is 0.571. The van der Waals surface area contributed by atoms with Gasteiger partial charge in [-0.15, -0.1) is 0 Å². The van der Waals surface area contributed by atoms with Crippen LogP contribution in [0.5, 0.6) is 0 Å². The van der Waals surface area contributed by atoms with Crippen molar-refractivity contribution in [1.82, 2.24) is 0 Å². The molecule has 3 nitrogen and oxygen atoms in total. The first kappa shape index (κ1) is 11.1. The van der Waals surface area contributed by atoms with Crippen molar-refractivity contribution in [2.75, 3.05) is 24.7 Å². The molecule has 0 unspecified atom stereocenters. The van der Waals surface area contributed by atoms with Crippen LogP contribution in [0.4, 0.5) is 5.69 Å². The van der Waals surface area contributed by atoms with E-state index in [1.807, 2.05) is 0 Å². The molecule has 0 aliphatic carbocycles. The second kappa shape index (κ2) is 4.31. The highest BCUT2D eigenvalue weighted by molar-refractivity contribution is 5.57. The number of nitrogens with zero attached hydrogens (tertiary/aromatic N) is 1. The van der Waals surface area contributed by atoms with E-state index in [0.717, 1.165) is 13.0 Å². The Bertz CT molecular complexity index is 419. The molecule has 0 amide bonds. The minimum atomic E-state index is -0.345. The number of hydrogen-bond donors (Lipinski definition) is 1. The van der Waals surface area contributed by atoms with E-state index in [1.54, 1.807) is 0 Å². The molecule has 0 radical (unpaired) electrons. The minimum absolute atomic E-state index is 0.136. The standard InChI is InChI=1S/C14H19NO2/c1-10-4-5-12-11(7-10)3-2-6-15(12)13-8-17-9-14(13)16/h4-5,7,13-14,16H,2-3,6,8-9H2,1H3/t13-,14-/m0/s1. The van der Waals surface area contributed by atoms with Crippen molar-refractivity contribution in [2.24, 2.45) is 0 Å². The number of aliphatic hydroxyl groups excluding tert-OH is 1. The number of aliphatic hydroxyl groups is 1. The summed E-state index contributed by atoms with van der Waals surface area (Å²) in [6.07, 6.45) is 1.97. The van der Waals surface area contributed by atoms with Gasteiger partial charge in [0.1, 0.15) is 0 Å². The van der Waals surface area contributed by atoms with E-state index < -0.39 is 0 Å². The summed E-state index contributed by atoms with van der Waals surface area (Å²) in [7, 11) is 0. The Morgan fingerprint density at radius 3 is 3.00 bits per heavy atom. The number of benzene rings is 1. The average Bonchev–Trinajstić information content (AvgIpc) is 2.74. The number of fused-ring (bicyclic) bond motifs is 1. The molecule has 1 aromatic carbocycles. The van der Waals surface area contributed by atoms with Crippen molar-refractivity contribution in [3.8, 4) is 0 Å². The van der Waals surface area contributed by atoms with Gasteiger partial charge in [0.2, 0.25) is 0 Å². The summed E-state index contributed by atoms with van der Waals surface area (Å²) < 4.78 is 5.37. The van der Waals surface area contributed by atoms with Gasteiger partial charge in [-0.25, -0.2) is 0 Å². The van der Waals surface area contributed by atoms with Gasteiger partial charge in [0.05, 0.1) is 25.4 Å². The fourth-order valence-electron chi connectivity index (χ4n) is 2.93. The predicted octanol–water partition coefficient (Wildman–Crippen LogP) is 1.51. The zero-order valence-electron chi connectivity index (χ0n) is 10.2. The van der Waals surface area contributed by atoms with Gasteiger partial charge >= 0.3 is 0 Å². The Morgan fingerprint density at radius 1 is 1.35 bits per heavy atom. The Labute approximate surface area is 102 Å². The van der Waals surface area contributed by atoms with Gasteiger partial charge in [0.15, 0.2) is 0 Å². The summed E-state index contributed by atoms with van der Waals surface area (Å²) in [5.41, 5.74) is 4.01. The van der Waals surface area contributed by atoms with E-state index in [1.165, 1.54) is 23.2 Å². The van der Waals surface area contributed by atoms with Crippen LogP contribution in [-0.4, -0.2) is 37.0 Å². The molecule has 2 aliphatic rings. The molecule has 2 aliphatic heterocycles. The van der Waals surface area contributed by atoms with Gasteiger partial charge in [-0.1, -0.05) is 17.7 Å². The van der Waals surface area contributed by atoms with E-state index in [2.05, 4.69) is 30.0 Å². The number of hydrogen-bond acceptors (Lipinski definition) is 3. The maximum absolute atomic E-state index is 9.95. The molecule has 0 bridgehead atoms. The molecule has 1 fully saturated rings. The molecular weight excluding hydrogens is 214 g/mol. The quantitative estimate of drug-likeness (QED) is 0.798. The van der Waals surface area contributed by atoms with Crippen LogP contribution in [0.1, 0.15) is 17.5 Å². The molecule has 0 aromatic heterocycles. The molecule has 1 saturated heterocycles. The number of rotatable bonds is 1. The second-order valence-corrected chi connectivity index (χ2v) is 5.10. The highest BCUT2D eigenvalue weighted by Crippen LogP contribution is 2.31. The summed E-state index contributed by atoms with van der Waals surface area (Å²) in [6, 6.07) is 6.74. The molecule has 92 valence electrons. The molecule has 0 saturated carbocycles. The zero-order valence-corrected chi connectivity index (χ0v) is 10.2. The maximum Gasteiger partial charge on any atom is 0.0998 e. The van der Waals surface area contributed by atoms with E-state index in [9.17, 15) is 5.11 Å². The van der Waals surface area contributed by atoms with Crippen LogP contribution in [0.2, 0.25) is 0 Å². The van der Waals surface area contributed by atoms with Gasteiger partial charge in [-0.2, -0.15) is 0 Å². The van der Waals surface area contributed by atoms with Crippen LogP contribution in [0.15, 0.2) is 18.2 Å². The lowest BCUT2D eigenvalue weighted by molar-refractivity contribution is 0.124. The summed E-state index contributed by atoms with van der Waals surface area (Å²) >= 11 is 0. The summed E-state index contributed by atoms with van der Waals surface area (Å²) in [4.78, 5) is 2.33. The molecule has 3 rings (SSSR count). The van der Waals surface area contributed by atoms with Crippen LogP contribution in [0.3, 0.4) is 0 Å². The van der Waals surface area contributed by atoms with Crippen LogP contribution < -0.4 is 4.90 Å². The van der Waals surface area contributed by atoms with E-state index in [4.69, 9.17) is 4.74 Å². The third-order valence-corrected chi connectivity index (χ3v) is 3.81. The lowest BCUT2D eigenvalue weighted by Crippen LogP contribution is -2.45. The largest absolute Gasteiger partial charge is 0.388 e. The molecular formula is C14H19NO2. The monoisotopic (exact) mass is 233 g/mol. The van der Waals surface area contributed by atoms with Crippen molar-refractivity contribution in [2.45, 2.75) is 31.9 Å². The predicted molar refractivity (Wildman–Crippen MR) is 67.5 cm³/mol. The van der Waals surface area contributed by atoms with Gasteiger partial charge in [-0.3, -0.25) is 0 Å². The van der Waals surface area contributed by atoms with Gasteiger partial charge in [0.25, 0.3) is 0 Å². The molecule has 2 atom stereocenters. The highest BCUT2D eigenvalue weighted by Gasteiger charge is 2.33. The number of ether oxygens (including phenoxy) is 1. The van der Waals surface area contributed by atoms with Crippen LogP contribution in [-0.2, 0) is 11.2 Å². The van der Waals surface area contributed by atoms with Crippen molar-refractivity contribution in [1.29, 1.82) is 0 Å². The Balaban J connectivity index is 1.93. The van der Waals surface area contributed by atoms with Gasteiger partial charge < -0.3 is 14.7 Å². The second-order valence-electron chi connectivity index (χ2n) is 5.10. The topological polar surface area (TPSA) is 32.7 Å². The summed E-state index contributed by atoms with van der Waals surface area (Å²) in [5.74, 6) is 0. The zero-order chi connectivity index (χ0) is 11.8. The van der Waals surface area contributed by atoms with Crippen molar-refractivity contribution < 1.29 is 9.84 Å². The lowest BCUT2D eigenvalue weighted by atomic mass is 9.97. The van der Waals surface area contributed by atoms with Crippen molar-refractivity contribution in [3.05, 3.63) is 29.3 Å². The normalized spacial score (nSPS) is 28.2. The molecule has 1 aromatic rings. The van der Waals surface area contributed by atoms with E-state index in [0.29, 0.717) is 13.2 Å². The smallest absolute Gasteiger partial charge is 0.0998 e. The Hall–Kier alpha value is -1.06. The van der Waals surface area contributed by atoms with E-state index in [-0.39, 0.29) is 12.1 Å². The number of aryl methyl sites for hydroxylation is 2. The van der Waals surface area contributed by atoms with Crippen molar-refractivity contribution in [3.63, 3.8) is 0 Å². The first-order valence-corrected chi connectivity index (χ1v) is 6.37. The average molecular weight is 233 g/mol. The number of anilines is 1. The molecule has 2 heterocycles. The van der Waals surface area contributed by atoms with Gasteiger partial charge in [-0.05, 0) is 31.4 Å². The van der Waals surface area contributed by atoms with Crippen LogP contribution in [0, 0.1) is 6.92 Å². The van der Waals surface area contributed by atoms with Crippen LogP contribution in [0.25, 0.3) is 0 Å². The fourth-order valence-corrected chi connectivity index (χ4v) is 2.93. The third kappa shape index (κ3) is 1.94. The third-order valence-electron chi connectivity index (χ3n) is 3.81. The first-order valence-electron chi connectivity index (χ1n) is 6.37. The van der Waals surface area contributed by atoms with Crippen LogP contribution >= 0.6 is 0 Å². The Kier molecular flexibility index (Phi) is 2.81. The highest BCUT2D eigenvalue weighted by atomic mass is 16.5. The SMILES string of the molecule is Cc1ccc2c(c1)CCCN2[C@H]1COC[C@@H]1O. The first-order chi connectivity index (χ1) is 8.25. The summed E-state index contributed by atoms with van der Waals surface area (Å²) in [5, 5.41) is 9.95. The molecule has 0 spiro atoms. The van der Waals surface area contributed by atoms with Gasteiger partial charge in [0, 0.05) is 12.2 Å². The minimum Gasteiger partial charge on any atom is -0.388 e. The molecule has 17 heavy (non-hydrogen) atoms. The molecule has 3 heteroatoms. The molecule has 1 N–H and O–H groups in total. The van der Waals surface area contributed by atoms with Crippen molar-refractivity contribution >= 4 is 5.69 Å². The Morgan fingerprint density at radius 2 is 2.24 bits per heavy atom. The van der Waals surface area contributed by atoms with E-state index >= 15 is 0 Å². The lowest BCUT2D eigenvalue weighted by Gasteiger charge is -2.37. The maximum atomic E-state index is 9.95.